The third-order valence-electron chi connectivity index (χ3n) is 6.67. The van der Waals surface area contributed by atoms with Crippen LogP contribution >= 0.6 is 0 Å². The van der Waals surface area contributed by atoms with E-state index in [-0.39, 0.29) is 0 Å². The molecule has 4 nitrogen and oxygen atoms in total. The van der Waals surface area contributed by atoms with Gasteiger partial charge in [0.2, 0.25) is 0 Å². The number of unbranched alkanes of at least 4 members (excludes halogenated alkanes) is 2. The van der Waals surface area contributed by atoms with E-state index in [2.05, 4.69) is 102 Å². The molecule has 0 bridgehead atoms. The SMILES string of the molecule is CCCCN(Cc1ccccc1OC)Cc1c(-c2ccccc2)nc(-c2ccccc2)n1CCCC. The molecule has 1 aromatic heterocycles. The smallest absolute Gasteiger partial charge is 0.140 e. The number of benzene rings is 3. The molecule has 0 aliphatic rings. The average molecular weight is 482 g/mol. The summed E-state index contributed by atoms with van der Waals surface area (Å²) < 4.78 is 8.16. The lowest BCUT2D eigenvalue weighted by Crippen LogP contribution is -2.26. The van der Waals surface area contributed by atoms with Crippen molar-refractivity contribution in [3.05, 3.63) is 96.2 Å². The van der Waals surface area contributed by atoms with Crippen molar-refractivity contribution < 1.29 is 4.74 Å². The fourth-order valence-corrected chi connectivity index (χ4v) is 4.72. The van der Waals surface area contributed by atoms with Gasteiger partial charge >= 0.3 is 0 Å². The van der Waals surface area contributed by atoms with Crippen LogP contribution in [0.2, 0.25) is 0 Å². The summed E-state index contributed by atoms with van der Waals surface area (Å²) in [5, 5.41) is 0. The summed E-state index contributed by atoms with van der Waals surface area (Å²) in [6.07, 6.45) is 4.59. The Morgan fingerprint density at radius 1 is 0.750 bits per heavy atom. The minimum atomic E-state index is 0.839. The number of rotatable bonds is 13. The molecule has 4 heteroatoms. The van der Waals surface area contributed by atoms with E-state index in [9.17, 15) is 0 Å². The Morgan fingerprint density at radius 3 is 2.06 bits per heavy atom. The van der Waals surface area contributed by atoms with Crippen LogP contribution < -0.4 is 4.74 Å². The number of para-hydroxylation sites is 1. The van der Waals surface area contributed by atoms with Gasteiger partial charge in [0.1, 0.15) is 11.6 Å². The average Bonchev–Trinajstić information content (AvgIpc) is 3.29. The largest absolute Gasteiger partial charge is 0.496 e. The lowest BCUT2D eigenvalue weighted by molar-refractivity contribution is 0.242. The zero-order valence-corrected chi connectivity index (χ0v) is 22.0. The van der Waals surface area contributed by atoms with Crippen molar-refractivity contribution in [3.8, 4) is 28.4 Å². The van der Waals surface area contributed by atoms with Gasteiger partial charge in [0.05, 0.1) is 18.5 Å². The van der Waals surface area contributed by atoms with Crippen molar-refractivity contribution >= 4 is 0 Å². The van der Waals surface area contributed by atoms with Crippen LogP contribution in [0.3, 0.4) is 0 Å². The van der Waals surface area contributed by atoms with E-state index >= 15 is 0 Å². The van der Waals surface area contributed by atoms with Crippen LogP contribution in [0.1, 0.15) is 50.8 Å². The zero-order valence-electron chi connectivity index (χ0n) is 22.0. The van der Waals surface area contributed by atoms with Gasteiger partial charge in [-0.25, -0.2) is 4.98 Å². The van der Waals surface area contributed by atoms with Gasteiger partial charge in [-0.1, -0.05) is 106 Å². The van der Waals surface area contributed by atoms with E-state index in [0.717, 1.165) is 62.7 Å². The van der Waals surface area contributed by atoms with Crippen LogP contribution in [0.4, 0.5) is 0 Å². The molecule has 188 valence electrons. The van der Waals surface area contributed by atoms with Crippen molar-refractivity contribution in [3.63, 3.8) is 0 Å². The molecule has 0 N–H and O–H groups in total. The second-order valence-corrected chi connectivity index (χ2v) is 9.34. The highest BCUT2D eigenvalue weighted by Crippen LogP contribution is 2.32. The molecule has 0 radical (unpaired) electrons. The molecule has 0 fully saturated rings. The number of methoxy groups -OCH3 is 1. The van der Waals surface area contributed by atoms with Gasteiger partial charge in [-0.2, -0.15) is 0 Å². The van der Waals surface area contributed by atoms with Crippen LogP contribution in [0, 0.1) is 0 Å². The first-order valence-corrected chi connectivity index (χ1v) is 13.3. The number of hydrogen-bond acceptors (Lipinski definition) is 3. The van der Waals surface area contributed by atoms with E-state index in [0.29, 0.717) is 0 Å². The van der Waals surface area contributed by atoms with E-state index in [1.54, 1.807) is 7.11 Å². The molecular formula is C32H39N3O. The van der Waals surface area contributed by atoms with Crippen LogP contribution in [0.5, 0.6) is 5.75 Å². The highest BCUT2D eigenvalue weighted by atomic mass is 16.5. The Bertz CT molecular complexity index is 1200. The summed E-state index contributed by atoms with van der Waals surface area (Å²) in [5.41, 5.74) is 5.95. The normalized spacial score (nSPS) is 11.2. The molecule has 4 rings (SSSR count). The van der Waals surface area contributed by atoms with Gasteiger partial charge < -0.3 is 9.30 Å². The molecule has 0 unspecified atom stereocenters. The minimum Gasteiger partial charge on any atom is -0.496 e. The molecule has 4 aromatic rings. The van der Waals surface area contributed by atoms with Crippen molar-refractivity contribution in [2.24, 2.45) is 0 Å². The first kappa shape index (κ1) is 25.7. The topological polar surface area (TPSA) is 30.3 Å². The third-order valence-corrected chi connectivity index (χ3v) is 6.67. The zero-order chi connectivity index (χ0) is 25.2. The number of imidazole rings is 1. The Morgan fingerprint density at radius 2 is 1.39 bits per heavy atom. The Hall–Kier alpha value is -3.37. The molecule has 0 amide bonds. The third kappa shape index (κ3) is 6.24. The number of nitrogens with zero attached hydrogens (tertiary/aromatic N) is 3. The van der Waals surface area contributed by atoms with Gasteiger partial charge in [0, 0.05) is 36.3 Å². The molecule has 0 aliphatic carbocycles. The highest BCUT2D eigenvalue weighted by molar-refractivity contribution is 5.68. The number of aromatic nitrogens is 2. The maximum Gasteiger partial charge on any atom is 0.140 e. The van der Waals surface area contributed by atoms with Crippen molar-refractivity contribution in [1.29, 1.82) is 0 Å². The Kier molecular flexibility index (Phi) is 9.34. The molecule has 0 spiro atoms. The van der Waals surface area contributed by atoms with Crippen LogP contribution in [0.15, 0.2) is 84.9 Å². The van der Waals surface area contributed by atoms with Gasteiger partial charge in [-0.05, 0) is 25.5 Å². The van der Waals surface area contributed by atoms with Crippen molar-refractivity contribution in [2.75, 3.05) is 13.7 Å². The number of ether oxygens (including phenoxy) is 1. The number of hydrogen-bond donors (Lipinski definition) is 0. The molecule has 36 heavy (non-hydrogen) atoms. The molecule has 0 aliphatic heterocycles. The van der Waals surface area contributed by atoms with Crippen LogP contribution in [-0.2, 0) is 19.6 Å². The summed E-state index contributed by atoms with van der Waals surface area (Å²) in [6, 6.07) is 29.7. The summed E-state index contributed by atoms with van der Waals surface area (Å²) >= 11 is 0. The van der Waals surface area contributed by atoms with Crippen molar-refractivity contribution in [2.45, 2.75) is 59.2 Å². The first-order chi connectivity index (χ1) is 17.7. The predicted molar refractivity (Wildman–Crippen MR) is 150 cm³/mol. The minimum absolute atomic E-state index is 0.839. The van der Waals surface area contributed by atoms with E-state index in [1.165, 1.54) is 28.8 Å². The maximum atomic E-state index is 5.69. The van der Waals surface area contributed by atoms with Gasteiger partial charge in [0.15, 0.2) is 0 Å². The maximum absolute atomic E-state index is 5.69. The van der Waals surface area contributed by atoms with Gasteiger partial charge in [-0.15, -0.1) is 0 Å². The highest BCUT2D eigenvalue weighted by Gasteiger charge is 2.22. The molecular weight excluding hydrogens is 442 g/mol. The van der Waals surface area contributed by atoms with Crippen LogP contribution in [0.25, 0.3) is 22.6 Å². The summed E-state index contributed by atoms with van der Waals surface area (Å²) in [6.45, 7) is 8.19. The molecule has 0 saturated carbocycles. The van der Waals surface area contributed by atoms with Gasteiger partial charge in [-0.3, -0.25) is 4.90 Å². The van der Waals surface area contributed by atoms with E-state index in [4.69, 9.17) is 9.72 Å². The quantitative estimate of drug-likeness (QED) is 0.195. The van der Waals surface area contributed by atoms with E-state index < -0.39 is 0 Å². The van der Waals surface area contributed by atoms with Gasteiger partial charge in [0.25, 0.3) is 0 Å². The van der Waals surface area contributed by atoms with E-state index in [1.807, 2.05) is 6.07 Å². The lowest BCUT2D eigenvalue weighted by Gasteiger charge is -2.25. The van der Waals surface area contributed by atoms with Crippen LogP contribution in [-0.4, -0.2) is 28.1 Å². The standard InChI is InChI=1S/C32H39N3O/c1-4-6-22-34(24-28-20-14-15-21-30(28)36-3)25-29-31(26-16-10-8-11-17-26)33-32(35(29)23-7-5-2)27-18-12-9-13-19-27/h8-21H,4-7,22-25H2,1-3H3. The summed E-state index contributed by atoms with van der Waals surface area (Å²) in [4.78, 5) is 7.85. The molecule has 0 atom stereocenters. The molecule has 3 aromatic carbocycles. The molecule has 0 saturated heterocycles. The fourth-order valence-electron chi connectivity index (χ4n) is 4.72. The first-order valence-electron chi connectivity index (χ1n) is 13.3. The predicted octanol–water partition coefficient (Wildman–Crippen LogP) is 7.83. The fraction of sp³-hybridized carbons (Fsp3) is 0.344. The summed E-state index contributed by atoms with van der Waals surface area (Å²) in [7, 11) is 1.76. The van der Waals surface area contributed by atoms with Crippen molar-refractivity contribution in [1.82, 2.24) is 14.5 Å². The lowest BCUT2D eigenvalue weighted by atomic mass is 10.1. The second kappa shape index (κ2) is 13.1. The second-order valence-electron chi connectivity index (χ2n) is 9.34. The molecule has 1 heterocycles. The Labute approximate surface area is 216 Å². The summed E-state index contributed by atoms with van der Waals surface area (Å²) in [5.74, 6) is 2.01. The monoisotopic (exact) mass is 481 g/mol. The Balaban J connectivity index is 1.80.